The molecular weight excluding hydrogens is 268 g/mol. The molecule has 0 saturated heterocycles. The zero-order valence-corrected chi connectivity index (χ0v) is 11.9. The van der Waals surface area contributed by atoms with Gasteiger partial charge in [-0.05, 0) is 24.6 Å². The molecule has 0 bridgehead atoms. The highest BCUT2D eigenvalue weighted by Gasteiger charge is 2.12. The van der Waals surface area contributed by atoms with E-state index in [1.807, 2.05) is 6.92 Å². The summed E-state index contributed by atoms with van der Waals surface area (Å²) in [6.07, 6.45) is 0. The molecule has 0 spiro atoms. The number of methoxy groups -OCH3 is 1. The van der Waals surface area contributed by atoms with E-state index in [1.165, 1.54) is 12.1 Å². The maximum atomic E-state index is 13.7. The SMILES string of the molecule is CCOCCOc1c(F)cc(CNCCOC)cc1F. The smallest absolute Gasteiger partial charge is 0.190 e. The third-order valence-corrected chi connectivity index (χ3v) is 2.55. The minimum absolute atomic E-state index is 0.118. The van der Waals surface area contributed by atoms with E-state index in [0.29, 0.717) is 38.5 Å². The van der Waals surface area contributed by atoms with Gasteiger partial charge in [-0.25, -0.2) is 8.78 Å². The molecular formula is C14H21F2NO3. The molecule has 0 aliphatic carbocycles. The van der Waals surface area contributed by atoms with Crippen LogP contribution in [0.3, 0.4) is 0 Å². The summed E-state index contributed by atoms with van der Waals surface area (Å²) >= 11 is 0. The van der Waals surface area contributed by atoms with Crippen LogP contribution in [0.15, 0.2) is 12.1 Å². The molecule has 0 amide bonds. The van der Waals surface area contributed by atoms with Crippen molar-refractivity contribution in [3.63, 3.8) is 0 Å². The molecule has 0 aliphatic rings. The van der Waals surface area contributed by atoms with Gasteiger partial charge in [0.05, 0.1) is 13.2 Å². The first-order valence-electron chi connectivity index (χ1n) is 6.57. The van der Waals surface area contributed by atoms with Gasteiger partial charge in [-0.2, -0.15) is 0 Å². The van der Waals surface area contributed by atoms with E-state index in [9.17, 15) is 8.78 Å². The second kappa shape index (κ2) is 9.63. The summed E-state index contributed by atoms with van der Waals surface area (Å²) in [5, 5.41) is 3.02. The number of halogens is 2. The lowest BCUT2D eigenvalue weighted by molar-refractivity contribution is 0.106. The summed E-state index contributed by atoms with van der Waals surface area (Å²) in [6.45, 7) is 4.34. The normalized spacial score (nSPS) is 10.8. The first-order valence-corrected chi connectivity index (χ1v) is 6.57. The van der Waals surface area contributed by atoms with Crippen molar-refractivity contribution in [1.29, 1.82) is 0 Å². The Morgan fingerprint density at radius 2 is 1.80 bits per heavy atom. The molecule has 0 saturated carbocycles. The highest BCUT2D eigenvalue weighted by molar-refractivity contribution is 5.31. The van der Waals surface area contributed by atoms with Crippen LogP contribution in [0.5, 0.6) is 5.75 Å². The zero-order chi connectivity index (χ0) is 14.8. The van der Waals surface area contributed by atoms with Crippen molar-refractivity contribution in [2.45, 2.75) is 13.5 Å². The Hall–Kier alpha value is -1.24. The molecule has 114 valence electrons. The van der Waals surface area contributed by atoms with Crippen molar-refractivity contribution >= 4 is 0 Å². The van der Waals surface area contributed by atoms with Crippen LogP contribution in [-0.2, 0) is 16.0 Å². The fourth-order valence-corrected chi connectivity index (χ4v) is 1.61. The van der Waals surface area contributed by atoms with Crippen molar-refractivity contribution < 1.29 is 23.0 Å². The van der Waals surface area contributed by atoms with Gasteiger partial charge in [0.15, 0.2) is 17.4 Å². The highest BCUT2D eigenvalue weighted by atomic mass is 19.1. The van der Waals surface area contributed by atoms with Crippen LogP contribution in [0.4, 0.5) is 8.78 Å². The van der Waals surface area contributed by atoms with Gasteiger partial charge < -0.3 is 19.5 Å². The molecule has 1 N–H and O–H groups in total. The van der Waals surface area contributed by atoms with Crippen LogP contribution in [0, 0.1) is 11.6 Å². The molecule has 4 nitrogen and oxygen atoms in total. The van der Waals surface area contributed by atoms with Gasteiger partial charge in [-0.15, -0.1) is 0 Å². The number of benzene rings is 1. The molecule has 0 unspecified atom stereocenters. The number of nitrogens with one attached hydrogen (secondary N) is 1. The van der Waals surface area contributed by atoms with Gasteiger partial charge in [0.1, 0.15) is 6.61 Å². The summed E-state index contributed by atoms with van der Waals surface area (Å²) in [5.41, 5.74) is 0.522. The Kier molecular flexibility index (Phi) is 8.10. The summed E-state index contributed by atoms with van der Waals surface area (Å²) in [4.78, 5) is 0. The molecule has 0 aromatic heterocycles. The van der Waals surface area contributed by atoms with Gasteiger partial charge in [0, 0.05) is 26.8 Å². The summed E-state index contributed by atoms with van der Waals surface area (Å²) < 4.78 is 42.4. The molecule has 0 aliphatic heterocycles. The van der Waals surface area contributed by atoms with Gasteiger partial charge >= 0.3 is 0 Å². The lowest BCUT2D eigenvalue weighted by Gasteiger charge is -2.10. The predicted octanol–water partition coefficient (Wildman–Crippen LogP) is 2.12. The maximum absolute atomic E-state index is 13.7. The Labute approximate surface area is 118 Å². The fraction of sp³-hybridized carbons (Fsp3) is 0.571. The van der Waals surface area contributed by atoms with E-state index in [4.69, 9.17) is 14.2 Å². The standard InChI is InChI=1S/C14H21F2NO3/c1-3-19-6-7-20-14-12(15)8-11(9-13(14)16)10-17-4-5-18-2/h8-9,17H,3-7,10H2,1-2H3. The van der Waals surface area contributed by atoms with E-state index in [2.05, 4.69) is 5.32 Å². The average Bonchev–Trinajstić information content (AvgIpc) is 2.42. The molecule has 1 aromatic rings. The summed E-state index contributed by atoms with van der Waals surface area (Å²) in [6, 6.07) is 2.53. The Morgan fingerprint density at radius 3 is 2.40 bits per heavy atom. The average molecular weight is 289 g/mol. The van der Waals surface area contributed by atoms with Gasteiger partial charge in [-0.3, -0.25) is 0 Å². The highest BCUT2D eigenvalue weighted by Crippen LogP contribution is 2.23. The molecule has 0 radical (unpaired) electrons. The van der Waals surface area contributed by atoms with Crippen molar-refractivity contribution in [3.8, 4) is 5.75 Å². The third-order valence-electron chi connectivity index (χ3n) is 2.55. The van der Waals surface area contributed by atoms with Crippen molar-refractivity contribution in [2.75, 3.05) is 40.1 Å². The number of hydrogen-bond donors (Lipinski definition) is 1. The second-order valence-corrected chi connectivity index (χ2v) is 4.10. The van der Waals surface area contributed by atoms with Crippen molar-refractivity contribution in [1.82, 2.24) is 5.32 Å². The van der Waals surface area contributed by atoms with Crippen molar-refractivity contribution in [3.05, 3.63) is 29.3 Å². The van der Waals surface area contributed by atoms with Gasteiger partial charge in [0.25, 0.3) is 0 Å². The van der Waals surface area contributed by atoms with Crippen LogP contribution >= 0.6 is 0 Å². The quantitative estimate of drug-likeness (QED) is 0.670. The Bertz CT molecular complexity index is 379. The fourth-order valence-electron chi connectivity index (χ4n) is 1.61. The van der Waals surface area contributed by atoms with E-state index in [1.54, 1.807) is 7.11 Å². The first kappa shape index (κ1) is 16.8. The summed E-state index contributed by atoms with van der Waals surface area (Å²) in [5.74, 6) is -1.76. The zero-order valence-electron chi connectivity index (χ0n) is 11.9. The van der Waals surface area contributed by atoms with Crippen molar-refractivity contribution in [2.24, 2.45) is 0 Å². The topological polar surface area (TPSA) is 39.7 Å². The largest absolute Gasteiger partial charge is 0.485 e. The second-order valence-electron chi connectivity index (χ2n) is 4.10. The van der Waals surface area contributed by atoms with Crippen LogP contribution in [0.25, 0.3) is 0 Å². The monoisotopic (exact) mass is 289 g/mol. The van der Waals surface area contributed by atoms with E-state index in [-0.39, 0.29) is 12.4 Å². The number of hydrogen-bond acceptors (Lipinski definition) is 4. The van der Waals surface area contributed by atoms with Crippen LogP contribution < -0.4 is 10.1 Å². The maximum Gasteiger partial charge on any atom is 0.190 e. The van der Waals surface area contributed by atoms with Crippen LogP contribution in [-0.4, -0.2) is 40.1 Å². The minimum Gasteiger partial charge on any atom is -0.485 e. The molecule has 0 fully saturated rings. The minimum atomic E-state index is -0.704. The third kappa shape index (κ3) is 5.81. The van der Waals surface area contributed by atoms with Crippen LogP contribution in [0.1, 0.15) is 12.5 Å². The lowest BCUT2D eigenvalue weighted by Crippen LogP contribution is -2.19. The molecule has 1 aromatic carbocycles. The molecule has 1 rings (SSSR count). The van der Waals surface area contributed by atoms with Gasteiger partial charge in [-0.1, -0.05) is 0 Å². The summed E-state index contributed by atoms with van der Waals surface area (Å²) in [7, 11) is 1.59. The molecule has 6 heteroatoms. The Balaban J connectivity index is 2.52. The molecule has 0 atom stereocenters. The van der Waals surface area contributed by atoms with Gasteiger partial charge in [0.2, 0.25) is 0 Å². The molecule has 20 heavy (non-hydrogen) atoms. The molecule has 0 heterocycles. The van der Waals surface area contributed by atoms with Crippen LogP contribution in [0.2, 0.25) is 0 Å². The van der Waals surface area contributed by atoms with E-state index < -0.39 is 11.6 Å². The first-order chi connectivity index (χ1) is 9.69. The van der Waals surface area contributed by atoms with E-state index >= 15 is 0 Å². The Morgan fingerprint density at radius 1 is 1.10 bits per heavy atom. The number of rotatable bonds is 10. The number of ether oxygens (including phenoxy) is 3. The lowest BCUT2D eigenvalue weighted by atomic mass is 10.2. The predicted molar refractivity (Wildman–Crippen MR) is 71.9 cm³/mol. The van der Waals surface area contributed by atoms with E-state index in [0.717, 1.165) is 0 Å².